The molecule has 1 rings (SSSR count). The van der Waals surface area contributed by atoms with Crippen LogP contribution in [0, 0.1) is 11.3 Å². The highest BCUT2D eigenvalue weighted by Gasteiger charge is 2.10. The van der Waals surface area contributed by atoms with Gasteiger partial charge in [-0.15, -0.1) is 0 Å². The first-order valence-corrected chi connectivity index (χ1v) is 6.14. The third-order valence-electron chi connectivity index (χ3n) is 2.45. The van der Waals surface area contributed by atoms with Gasteiger partial charge < -0.3 is 16.4 Å². The van der Waals surface area contributed by atoms with Crippen LogP contribution in [0.1, 0.15) is 23.7 Å². The van der Waals surface area contributed by atoms with Gasteiger partial charge in [-0.1, -0.05) is 19.1 Å². The Balaban J connectivity index is 2.75. The Bertz CT molecular complexity index is 573. The van der Waals surface area contributed by atoms with E-state index in [1.165, 1.54) is 0 Å². The molecule has 4 N–H and O–H groups in total. The van der Waals surface area contributed by atoms with Gasteiger partial charge in [-0.05, 0) is 18.6 Å². The first-order chi connectivity index (χ1) is 9.60. The second kappa shape index (κ2) is 7.59. The van der Waals surface area contributed by atoms with Crippen molar-refractivity contribution in [2.45, 2.75) is 13.3 Å². The van der Waals surface area contributed by atoms with E-state index in [4.69, 9.17) is 11.0 Å². The highest BCUT2D eigenvalue weighted by Crippen LogP contribution is 2.09. The van der Waals surface area contributed by atoms with Gasteiger partial charge in [0.1, 0.15) is 11.6 Å². The standard InChI is InChI=1S/C14H16N4O2/c1-2-7-17-13(19)10(8-15)9-18-14(20)11-5-3-4-6-12(11)16/h3-6,9H,2,7,16H2,1H3,(H,17,19)(H,18,20)/b10-9-. The SMILES string of the molecule is CCCNC(=O)/C(C#N)=C\NC(=O)c1ccccc1N. The van der Waals surface area contributed by atoms with Crippen LogP contribution >= 0.6 is 0 Å². The fourth-order valence-corrected chi connectivity index (χ4v) is 1.40. The molecular weight excluding hydrogens is 256 g/mol. The summed E-state index contributed by atoms with van der Waals surface area (Å²) in [5.74, 6) is -0.991. The Morgan fingerprint density at radius 1 is 1.40 bits per heavy atom. The smallest absolute Gasteiger partial charge is 0.263 e. The number of hydrogen-bond acceptors (Lipinski definition) is 4. The lowest BCUT2D eigenvalue weighted by Crippen LogP contribution is -2.27. The average molecular weight is 272 g/mol. The molecule has 0 fully saturated rings. The van der Waals surface area contributed by atoms with Crippen molar-refractivity contribution in [2.75, 3.05) is 12.3 Å². The molecule has 0 saturated heterocycles. The minimum absolute atomic E-state index is 0.165. The Hall–Kier alpha value is -2.81. The maximum atomic E-state index is 11.8. The number of nitrogens with one attached hydrogen (secondary N) is 2. The molecule has 0 saturated carbocycles. The first kappa shape index (κ1) is 15.2. The van der Waals surface area contributed by atoms with Gasteiger partial charge in [-0.2, -0.15) is 5.26 Å². The van der Waals surface area contributed by atoms with Gasteiger partial charge in [-0.25, -0.2) is 0 Å². The Morgan fingerprint density at radius 2 is 2.10 bits per heavy atom. The quantitative estimate of drug-likeness (QED) is 0.421. The van der Waals surface area contributed by atoms with E-state index in [0.717, 1.165) is 12.6 Å². The molecule has 0 aliphatic rings. The van der Waals surface area contributed by atoms with E-state index in [1.54, 1.807) is 30.3 Å². The van der Waals surface area contributed by atoms with Gasteiger partial charge in [0.05, 0.1) is 5.56 Å². The fraction of sp³-hybridized carbons (Fsp3) is 0.214. The zero-order valence-corrected chi connectivity index (χ0v) is 11.1. The van der Waals surface area contributed by atoms with E-state index < -0.39 is 11.8 Å². The van der Waals surface area contributed by atoms with E-state index in [0.29, 0.717) is 12.2 Å². The molecule has 6 heteroatoms. The number of anilines is 1. The second-order valence-corrected chi connectivity index (χ2v) is 3.99. The molecule has 2 amide bonds. The lowest BCUT2D eigenvalue weighted by atomic mass is 10.1. The number of benzene rings is 1. The van der Waals surface area contributed by atoms with E-state index in [1.807, 2.05) is 6.92 Å². The average Bonchev–Trinajstić information content (AvgIpc) is 2.45. The zero-order chi connectivity index (χ0) is 15.0. The summed E-state index contributed by atoms with van der Waals surface area (Å²) in [5.41, 5.74) is 6.11. The maximum Gasteiger partial charge on any atom is 0.263 e. The van der Waals surface area contributed by atoms with Crippen molar-refractivity contribution in [3.63, 3.8) is 0 Å². The zero-order valence-electron chi connectivity index (χ0n) is 11.1. The second-order valence-electron chi connectivity index (χ2n) is 3.99. The number of para-hydroxylation sites is 1. The van der Waals surface area contributed by atoms with Gasteiger partial charge >= 0.3 is 0 Å². The minimum Gasteiger partial charge on any atom is -0.398 e. The van der Waals surface area contributed by atoms with Crippen LogP contribution < -0.4 is 16.4 Å². The molecule has 104 valence electrons. The van der Waals surface area contributed by atoms with Gasteiger partial charge in [0.15, 0.2) is 0 Å². The predicted octanol–water partition coefficient (Wildman–Crippen LogP) is 0.932. The van der Waals surface area contributed by atoms with Crippen LogP contribution in [0.25, 0.3) is 0 Å². The van der Waals surface area contributed by atoms with Crippen molar-refractivity contribution in [3.8, 4) is 6.07 Å². The maximum absolute atomic E-state index is 11.8. The van der Waals surface area contributed by atoms with E-state index in [-0.39, 0.29) is 11.1 Å². The molecule has 0 aliphatic carbocycles. The van der Waals surface area contributed by atoms with Crippen LogP contribution in [0.3, 0.4) is 0 Å². The number of nitrogen functional groups attached to an aromatic ring is 1. The molecule has 0 aliphatic heterocycles. The van der Waals surface area contributed by atoms with Crippen LogP contribution in [0.15, 0.2) is 36.0 Å². The van der Waals surface area contributed by atoms with Gasteiger partial charge in [0, 0.05) is 18.4 Å². The molecular formula is C14H16N4O2. The molecule has 0 unspecified atom stereocenters. The first-order valence-electron chi connectivity index (χ1n) is 6.14. The predicted molar refractivity (Wildman–Crippen MR) is 75.3 cm³/mol. The molecule has 1 aromatic carbocycles. The third kappa shape index (κ3) is 4.14. The molecule has 0 radical (unpaired) electrons. The van der Waals surface area contributed by atoms with Crippen LogP contribution in [0.4, 0.5) is 5.69 Å². The van der Waals surface area contributed by atoms with Crippen LogP contribution in [-0.2, 0) is 4.79 Å². The normalized spacial score (nSPS) is 10.5. The highest BCUT2D eigenvalue weighted by atomic mass is 16.2. The van der Waals surface area contributed by atoms with Crippen molar-refractivity contribution < 1.29 is 9.59 Å². The largest absolute Gasteiger partial charge is 0.398 e. The molecule has 0 aromatic heterocycles. The summed E-state index contributed by atoms with van der Waals surface area (Å²) in [4.78, 5) is 23.4. The number of rotatable bonds is 5. The van der Waals surface area contributed by atoms with E-state index in [2.05, 4.69) is 10.6 Å². The lowest BCUT2D eigenvalue weighted by Gasteiger charge is -2.05. The topological polar surface area (TPSA) is 108 Å². The van der Waals surface area contributed by atoms with Crippen molar-refractivity contribution in [3.05, 3.63) is 41.6 Å². The van der Waals surface area contributed by atoms with Crippen LogP contribution in [-0.4, -0.2) is 18.4 Å². The number of nitriles is 1. The van der Waals surface area contributed by atoms with E-state index in [9.17, 15) is 9.59 Å². The lowest BCUT2D eigenvalue weighted by molar-refractivity contribution is -0.117. The van der Waals surface area contributed by atoms with Crippen molar-refractivity contribution in [2.24, 2.45) is 0 Å². The Morgan fingerprint density at radius 3 is 2.70 bits per heavy atom. The van der Waals surface area contributed by atoms with Gasteiger partial charge in [0.25, 0.3) is 11.8 Å². The molecule has 20 heavy (non-hydrogen) atoms. The number of nitrogens with zero attached hydrogens (tertiary/aromatic N) is 1. The summed E-state index contributed by atoms with van der Waals surface area (Å²) in [7, 11) is 0. The monoisotopic (exact) mass is 272 g/mol. The Labute approximate surface area is 117 Å². The summed E-state index contributed by atoms with van der Waals surface area (Å²) in [6, 6.07) is 8.27. The molecule has 6 nitrogen and oxygen atoms in total. The summed E-state index contributed by atoms with van der Waals surface area (Å²) >= 11 is 0. The van der Waals surface area contributed by atoms with Crippen LogP contribution in [0.2, 0.25) is 0 Å². The summed E-state index contributed by atoms with van der Waals surface area (Å²) < 4.78 is 0. The molecule has 0 heterocycles. The number of carbonyl (C=O) groups excluding carboxylic acids is 2. The summed E-state index contributed by atoms with van der Waals surface area (Å²) in [6.45, 7) is 2.37. The summed E-state index contributed by atoms with van der Waals surface area (Å²) in [6.07, 6.45) is 1.84. The molecule has 0 atom stereocenters. The highest BCUT2D eigenvalue weighted by molar-refractivity contribution is 6.01. The van der Waals surface area contributed by atoms with Gasteiger partial charge in [-0.3, -0.25) is 9.59 Å². The van der Waals surface area contributed by atoms with Gasteiger partial charge in [0.2, 0.25) is 0 Å². The van der Waals surface area contributed by atoms with Crippen molar-refractivity contribution in [1.82, 2.24) is 10.6 Å². The number of carbonyl (C=O) groups is 2. The number of hydrogen-bond donors (Lipinski definition) is 3. The Kier molecular flexibility index (Phi) is 5.78. The third-order valence-corrected chi connectivity index (χ3v) is 2.45. The van der Waals surface area contributed by atoms with Crippen molar-refractivity contribution >= 4 is 17.5 Å². The summed E-state index contributed by atoms with van der Waals surface area (Å²) in [5, 5.41) is 13.8. The molecule has 0 spiro atoms. The van der Waals surface area contributed by atoms with Crippen molar-refractivity contribution in [1.29, 1.82) is 5.26 Å². The molecule has 1 aromatic rings. The van der Waals surface area contributed by atoms with E-state index >= 15 is 0 Å². The molecule has 0 bridgehead atoms. The number of amides is 2. The fourth-order valence-electron chi connectivity index (χ4n) is 1.40. The number of nitrogens with two attached hydrogens (primary N) is 1. The van der Waals surface area contributed by atoms with Crippen LogP contribution in [0.5, 0.6) is 0 Å². The minimum atomic E-state index is -0.518.